The van der Waals surface area contributed by atoms with Gasteiger partial charge in [-0.05, 0) is 42.0 Å². The average Bonchev–Trinajstić information content (AvgIpc) is 3.35. The Labute approximate surface area is 169 Å². The predicted molar refractivity (Wildman–Crippen MR) is 110 cm³/mol. The van der Waals surface area contributed by atoms with E-state index in [0.29, 0.717) is 25.1 Å². The maximum absolute atomic E-state index is 13.1. The predicted octanol–water partition coefficient (Wildman–Crippen LogP) is 4.70. The summed E-state index contributed by atoms with van der Waals surface area (Å²) in [5.41, 5.74) is 1.11. The maximum Gasteiger partial charge on any atom is 0.253 e. The highest BCUT2D eigenvalue weighted by atomic mass is 32.1. The Hall–Kier alpha value is -2.71. The first-order valence-electron chi connectivity index (χ1n) is 9.45. The normalized spacial score (nSPS) is 23.5. The highest BCUT2D eigenvalue weighted by molar-refractivity contribution is 7.13. The van der Waals surface area contributed by atoms with Crippen LogP contribution in [0.2, 0.25) is 0 Å². The van der Waals surface area contributed by atoms with E-state index in [1.54, 1.807) is 11.3 Å². The quantitative estimate of drug-likeness (QED) is 0.747. The van der Waals surface area contributed by atoms with Gasteiger partial charge in [-0.2, -0.15) is 5.26 Å². The molecule has 1 amide bonds. The van der Waals surface area contributed by atoms with Gasteiger partial charge in [-0.15, -0.1) is 11.3 Å². The molecule has 4 rings (SSSR count). The number of hydrogen-bond donors (Lipinski definition) is 0. The standard InChI is InChI=1S/C23H22N2O2S/c1-22(2)14-23(12-18(13-24)20(22)26)8-9-25(15-23)21(27)17-6-3-5-16(11-17)19-7-4-10-28-19/h3-7,10-12H,8-9,14-15H2,1-2H3/t23-/m1/s1. The minimum Gasteiger partial charge on any atom is -0.338 e. The Balaban J connectivity index is 1.59. The smallest absolute Gasteiger partial charge is 0.253 e. The number of ketones is 1. The molecule has 1 aromatic heterocycles. The number of thiophene rings is 1. The van der Waals surface area contributed by atoms with Crippen molar-refractivity contribution < 1.29 is 9.59 Å². The van der Waals surface area contributed by atoms with Gasteiger partial charge in [0.2, 0.25) is 0 Å². The third-order valence-corrected chi connectivity index (χ3v) is 6.73. The second-order valence-electron chi connectivity index (χ2n) is 8.46. The monoisotopic (exact) mass is 390 g/mol. The number of allylic oxidation sites excluding steroid dienone is 1. The molecule has 1 aliphatic carbocycles. The first kappa shape index (κ1) is 18.6. The minimum atomic E-state index is -0.571. The van der Waals surface area contributed by atoms with Gasteiger partial charge in [0.05, 0.1) is 5.57 Å². The Morgan fingerprint density at radius 1 is 1.25 bits per heavy atom. The highest BCUT2D eigenvalue weighted by Crippen LogP contribution is 2.48. The number of amides is 1. The molecule has 2 aliphatic rings. The summed E-state index contributed by atoms with van der Waals surface area (Å²) < 4.78 is 0. The molecule has 0 radical (unpaired) electrons. The molecule has 1 spiro atoms. The number of Topliss-reactive ketones (excluding diaryl/α,β-unsaturated/α-hetero) is 1. The van der Waals surface area contributed by atoms with Crippen LogP contribution in [0.25, 0.3) is 10.4 Å². The number of carbonyl (C=O) groups excluding carboxylic acids is 2. The topological polar surface area (TPSA) is 61.2 Å². The van der Waals surface area contributed by atoms with Crippen LogP contribution in [0, 0.1) is 22.2 Å². The Morgan fingerprint density at radius 3 is 2.79 bits per heavy atom. The summed E-state index contributed by atoms with van der Waals surface area (Å²) in [6.07, 6.45) is 3.28. The molecule has 0 N–H and O–H groups in total. The second-order valence-corrected chi connectivity index (χ2v) is 9.40. The minimum absolute atomic E-state index is 0.0110. The van der Waals surface area contributed by atoms with Crippen molar-refractivity contribution >= 4 is 23.0 Å². The van der Waals surface area contributed by atoms with Gasteiger partial charge >= 0.3 is 0 Å². The fourth-order valence-corrected chi connectivity index (χ4v) is 5.32. The van der Waals surface area contributed by atoms with E-state index >= 15 is 0 Å². The number of likely N-dealkylation sites (tertiary alicyclic amines) is 1. The van der Waals surface area contributed by atoms with E-state index in [1.807, 2.05) is 60.5 Å². The lowest BCUT2D eigenvalue weighted by Crippen LogP contribution is -2.40. The van der Waals surface area contributed by atoms with E-state index in [4.69, 9.17) is 0 Å². The average molecular weight is 391 g/mol. The Bertz CT molecular complexity index is 1010. The summed E-state index contributed by atoms with van der Waals surface area (Å²) in [6, 6.07) is 13.9. The Morgan fingerprint density at radius 2 is 2.07 bits per heavy atom. The lowest BCUT2D eigenvalue weighted by molar-refractivity contribution is -0.125. The van der Waals surface area contributed by atoms with E-state index in [9.17, 15) is 14.9 Å². The zero-order valence-electron chi connectivity index (χ0n) is 16.1. The van der Waals surface area contributed by atoms with Crippen LogP contribution >= 0.6 is 11.3 Å². The summed E-state index contributed by atoms with van der Waals surface area (Å²) >= 11 is 1.65. The lowest BCUT2D eigenvalue weighted by Gasteiger charge is -2.38. The fourth-order valence-electron chi connectivity index (χ4n) is 4.59. The van der Waals surface area contributed by atoms with E-state index in [0.717, 1.165) is 16.9 Å². The maximum atomic E-state index is 13.1. The molecule has 1 aromatic carbocycles. The summed E-state index contributed by atoms with van der Waals surface area (Å²) in [6.45, 7) is 4.99. The molecule has 0 saturated carbocycles. The van der Waals surface area contributed by atoms with E-state index in [2.05, 4.69) is 12.1 Å². The molecule has 0 bridgehead atoms. The molecule has 142 valence electrons. The molecule has 2 heterocycles. The zero-order valence-corrected chi connectivity index (χ0v) is 16.9. The van der Waals surface area contributed by atoms with Gasteiger partial charge in [0, 0.05) is 34.4 Å². The first-order chi connectivity index (χ1) is 13.3. The van der Waals surface area contributed by atoms with Crippen LogP contribution in [0.15, 0.2) is 53.4 Å². The SMILES string of the molecule is CC1(C)C[C@]2(C=C(C#N)C1=O)CCN(C(=O)c1cccc(-c3cccs3)c1)C2. The van der Waals surface area contributed by atoms with Crippen LogP contribution in [0.3, 0.4) is 0 Å². The number of nitrogens with zero attached hydrogens (tertiary/aromatic N) is 2. The van der Waals surface area contributed by atoms with Gasteiger partial charge in [-0.25, -0.2) is 0 Å². The van der Waals surface area contributed by atoms with Crippen LogP contribution < -0.4 is 0 Å². The molecule has 1 fully saturated rings. The number of rotatable bonds is 2. The molecular formula is C23H22N2O2S. The zero-order chi connectivity index (χ0) is 19.9. The summed E-state index contributed by atoms with van der Waals surface area (Å²) in [5, 5.41) is 11.4. The van der Waals surface area contributed by atoms with E-state index in [-0.39, 0.29) is 22.7 Å². The second kappa shape index (κ2) is 6.72. The molecule has 5 heteroatoms. The Kier molecular flexibility index (Phi) is 4.47. The molecule has 4 nitrogen and oxygen atoms in total. The third kappa shape index (κ3) is 3.18. The third-order valence-electron chi connectivity index (χ3n) is 5.81. The van der Waals surface area contributed by atoms with Crippen molar-refractivity contribution in [3.63, 3.8) is 0 Å². The molecule has 1 saturated heterocycles. The number of hydrogen-bond acceptors (Lipinski definition) is 4. The van der Waals surface area contributed by atoms with Crippen LogP contribution in [0.1, 0.15) is 37.0 Å². The van der Waals surface area contributed by atoms with E-state index in [1.165, 1.54) is 0 Å². The van der Waals surface area contributed by atoms with Gasteiger partial charge in [-0.3, -0.25) is 9.59 Å². The molecule has 1 aliphatic heterocycles. The van der Waals surface area contributed by atoms with Gasteiger partial charge < -0.3 is 4.90 Å². The van der Waals surface area contributed by atoms with Crippen molar-refractivity contribution in [3.05, 3.63) is 59.0 Å². The summed E-state index contributed by atoms with van der Waals surface area (Å²) in [4.78, 5) is 28.6. The van der Waals surface area contributed by atoms with Gasteiger partial charge in [0.15, 0.2) is 5.78 Å². The molecule has 2 aromatic rings. The number of benzene rings is 1. The fraction of sp³-hybridized carbons (Fsp3) is 0.348. The van der Waals surface area contributed by atoms with E-state index < -0.39 is 5.41 Å². The molecule has 28 heavy (non-hydrogen) atoms. The first-order valence-corrected chi connectivity index (χ1v) is 10.3. The van der Waals surface area contributed by atoms with Crippen LogP contribution in [-0.2, 0) is 4.79 Å². The van der Waals surface area contributed by atoms with Crippen molar-refractivity contribution in [2.45, 2.75) is 26.7 Å². The van der Waals surface area contributed by atoms with Crippen molar-refractivity contribution in [2.75, 3.05) is 13.1 Å². The number of nitriles is 1. The highest BCUT2D eigenvalue weighted by Gasteiger charge is 2.48. The van der Waals surface area contributed by atoms with Crippen molar-refractivity contribution in [3.8, 4) is 16.5 Å². The van der Waals surface area contributed by atoms with Gasteiger partial charge in [0.25, 0.3) is 5.91 Å². The van der Waals surface area contributed by atoms with Crippen molar-refractivity contribution in [1.82, 2.24) is 4.90 Å². The molecular weight excluding hydrogens is 368 g/mol. The summed E-state index contributed by atoms with van der Waals surface area (Å²) in [5.74, 6) is -0.0778. The largest absolute Gasteiger partial charge is 0.338 e. The lowest BCUT2D eigenvalue weighted by atomic mass is 9.64. The van der Waals surface area contributed by atoms with Crippen molar-refractivity contribution in [2.24, 2.45) is 10.8 Å². The van der Waals surface area contributed by atoms with Crippen LogP contribution in [-0.4, -0.2) is 29.7 Å². The number of carbonyl (C=O) groups is 2. The van der Waals surface area contributed by atoms with Gasteiger partial charge in [-0.1, -0.05) is 38.1 Å². The van der Waals surface area contributed by atoms with Crippen molar-refractivity contribution in [1.29, 1.82) is 5.26 Å². The van der Waals surface area contributed by atoms with Crippen LogP contribution in [0.5, 0.6) is 0 Å². The molecule has 1 atom stereocenters. The van der Waals surface area contributed by atoms with Crippen LogP contribution in [0.4, 0.5) is 0 Å². The molecule has 0 unspecified atom stereocenters. The van der Waals surface area contributed by atoms with Gasteiger partial charge in [0.1, 0.15) is 6.07 Å². The summed E-state index contributed by atoms with van der Waals surface area (Å²) in [7, 11) is 0.